The van der Waals surface area contributed by atoms with Gasteiger partial charge in [0.25, 0.3) is 5.95 Å². The molecule has 1 saturated carbocycles. The summed E-state index contributed by atoms with van der Waals surface area (Å²) >= 11 is 1.92. The van der Waals surface area contributed by atoms with E-state index >= 15 is 0 Å². The summed E-state index contributed by atoms with van der Waals surface area (Å²) in [6.45, 7) is 0.875. The molecule has 0 spiro atoms. The minimum absolute atomic E-state index is 0.332. The first-order valence-corrected chi connectivity index (χ1v) is 8.20. The van der Waals surface area contributed by atoms with Gasteiger partial charge in [-0.05, 0) is 25.2 Å². The van der Waals surface area contributed by atoms with Gasteiger partial charge in [-0.25, -0.2) is 4.68 Å². The van der Waals surface area contributed by atoms with Crippen molar-refractivity contribution in [2.24, 2.45) is 0 Å². The van der Waals surface area contributed by atoms with Crippen molar-refractivity contribution in [3.05, 3.63) is 18.5 Å². The number of rotatable bonds is 6. The first-order chi connectivity index (χ1) is 10.2. The summed E-state index contributed by atoms with van der Waals surface area (Å²) in [5, 5.41) is 10.5. The van der Waals surface area contributed by atoms with E-state index in [0.717, 1.165) is 6.54 Å². The molecule has 0 aliphatic heterocycles. The van der Waals surface area contributed by atoms with E-state index in [9.17, 15) is 0 Å². The number of hydrogen-bond donors (Lipinski definition) is 2. The zero-order valence-electron chi connectivity index (χ0n) is 12.2. The van der Waals surface area contributed by atoms with E-state index in [1.54, 1.807) is 17.9 Å². The molecule has 0 atom stereocenters. The summed E-state index contributed by atoms with van der Waals surface area (Å²) in [6.07, 6.45) is 9.48. The predicted molar refractivity (Wildman–Crippen MR) is 85.1 cm³/mol. The van der Waals surface area contributed by atoms with Crippen molar-refractivity contribution in [2.75, 3.05) is 30.5 Å². The molecule has 0 bridgehead atoms. The van der Waals surface area contributed by atoms with Crippen molar-refractivity contribution in [1.29, 1.82) is 0 Å². The van der Waals surface area contributed by atoms with Gasteiger partial charge in [0.1, 0.15) is 0 Å². The van der Waals surface area contributed by atoms with E-state index in [1.165, 1.54) is 19.3 Å². The number of anilines is 2. The molecule has 3 rings (SSSR count). The highest BCUT2D eigenvalue weighted by Gasteiger charge is 2.36. The Morgan fingerprint density at radius 1 is 1.29 bits per heavy atom. The molecule has 112 valence electrons. The second-order valence-corrected chi connectivity index (χ2v) is 6.35. The largest absolute Gasteiger partial charge is 0.357 e. The monoisotopic (exact) mass is 305 g/mol. The molecule has 7 nitrogen and oxygen atoms in total. The molecule has 2 aromatic heterocycles. The molecule has 21 heavy (non-hydrogen) atoms. The van der Waals surface area contributed by atoms with Gasteiger partial charge in [0.05, 0.1) is 0 Å². The molecule has 0 unspecified atom stereocenters. The van der Waals surface area contributed by atoms with Gasteiger partial charge in [-0.2, -0.15) is 31.8 Å². The van der Waals surface area contributed by atoms with Gasteiger partial charge in [-0.15, -0.1) is 0 Å². The van der Waals surface area contributed by atoms with Crippen LogP contribution >= 0.6 is 11.8 Å². The summed E-state index contributed by atoms with van der Waals surface area (Å²) in [5.74, 6) is 1.62. The molecule has 8 heteroatoms. The fourth-order valence-corrected chi connectivity index (χ4v) is 3.22. The Hall–Kier alpha value is -1.83. The average molecular weight is 305 g/mol. The normalized spacial score (nSPS) is 16.3. The fraction of sp³-hybridized carbons (Fsp3) is 0.538. The van der Waals surface area contributed by atoms with Crippen LogP contribution in [0.15, 0.2) is 18.5 Å². The SMILES string of the molecule is CNc1nc(NCC2(SC)CCC2)nc(-n2cccn2)n1. The van der Waals surface area contributed by atoms with Gasteiger partial charge < -0.3 is 10.6 Å². The van der Waals surface area contributed by atoms with Crippen LogP contribution in [0.4, 0.5) is 11.9 Å². The van der Waals surface area contributed by atoms with E-state index in [-0.39, 0.29) is 0 Å². The molecule has 0 saturated heterocycles. The lowest BCUT2D eigenvalue weighted by Gasteiger charge is -2.40. The van der Waals surface area contributed by atoms with Crippen LogP contribution in [0.3, 0.4) is 0 Å². The maximum atomic E-state index is 4.44. The number of thioether (sulfide) groups is 1. The van der Waals surface area contributed by atoms with E-state index < -0.39 is 0 Å². The standard InChI is InChI=1S/C13H19N7S/c1-14-10-17-11(15-9-13(21-2)5-3-6-13)19-12(18-10)20-8-4-7-16-20/h4,7-8H,3,5-6,9H2,1-2H3,(H2,14,15,17,18,19). The van der Waals surface area contributed by atoms with Gasteiger partial charge in [0.15, 0.2) is 0 Å². The van der Waals surface area contributed by atoms with Crippen LogP contribution in [-0.4, -0.2) is 49.3 Å². The predicted octanol–water partition coefficient (Wildman–Crippen LogP) is 1.80. The third kappa shape index (κ3) is 2.94. The Kier molecular flexibility index (Phi) is 3.96. The lowest BCUT2D eigenvalue weighted by Crippen LogP contribution is -2.40. The quantitative estimate of drug-likeness (QED) is 0.842. The minimum atomic E-state index is 0.332. The average Bonchev–Trinajstić information content (AvgIpc) is 3.00. The molecule has 0 aromatic carbocycles. The van der Waals surface area contributed by atoms with Crippen LogP contribution < -0.4 is 10.6 Å². The molecule has 0 radical (unpaired) electrons. The molecule has 1 aliphatic rings. The summed E-state index contributed by atoms with van der Waals surface area (Å²) in [5.41, 5.74) is 0. The Labute approximate surface area is 128 Å². The molecule has 0 amide bonds. The van der Waals surface area contributed by atoms with Crippen molar-refractivity contribution in [1.82, 2.24) is 24.7 Å². The van der Waals surface area contributed by atoms with E-state index in [0.29, 0.717) is 22.6 Å². The Bertz CT molecular complexity index is 589. The highest BCUT2D eigenvalue weighted by molar-refractivity contribution is 8.00. The maximum Gasteiger partial charge on any atom is 0.257 e. The van der Waals surface area contributed by atoms with E-state index in [2.05, 4.69) is 36.9 Å². The zero-order chi connectivity index (χ0) is 14.7. The number of nitrogens with one attached hydrogen (secondary N) is 2. The second-order valence-electron chi connectivity index (χ2n) is 5.08. The van der Waals surface area contributed by atoms with Crippen LogP contribution in [0, 0.1) is 0 Å². The van der Waals surface area contributed by atoms with E-state index in [4.69, 9.17) is 0 Å². The maximum absolute atomic E-state index is 4.44. The Morgan fingerprint density at radius 2 is 2.10 bits per heavy atom. The Morgan fingerprint density at radius 3 is 2.67 bits per heavy atom. The zero-order valence-corrected chi connectivity index (χ0v) is 13.0. The van der Waals surface area contributed by atoms with Crippen molar-refractivity contribution < 1.29 is 0 Å². The lowest BCUT2D eigenvalue weighted by atomic mass is 9.84. The van der Waals surface area contributed by atoms with Gasteiger partial charge in [0.2, 0.25) is 11.9 Å². The Balaban J connectivity index is 1.79. The van der Waals surface area contributed by atoms with Crippen LogP contribution in [0.25, 0.3) is 5.95 Å². The van der Waals surface area contributed by atoms with Crippen molar-refractivity contribution >= 4 is 23.7 Å². The van der Waals surface area contributed by atoms with Crippen molar-refractivity contribution in [3.8, 4) is 5.95 Å². The van der Waals surface area contributed by atoms with E-state index in [1.807, 2.05) is 24.0 Å². The summed E-state index contributed by atoms with van der Waals surface area (Å²) in [7, 11) is 1.79. The fourth-order valence-electron chi connectivity index (χ4n) is 2.31. The lowest BCUT2D eigenvalue weighted by molar-refractivity contribution is 0.379. The van der Waals surface area contributed by atoms with Crippen LogP contribution in [0.5, 0.6) is 0 Å². The molecular formula is C13H19N7S. The number of hydrogen-bond acceptors (Lipinski definition) is 7. The van der Waals surface area contributed by atoms with Crippen molar-refractivity contribution in [3.63, 3.8) is 0 Å². The van der Waals surface area contributed by atoms with Gasteiger partial charge >= 0.3 is 0 Å². The molecule has 2 N–H and O–H groups in total. The molecular weight excluding hydrogens is 286 g/mol. The van der Waals surface area contributed by atoms with Crippen LogP contribution in [0.2, 0.25) is 0 Å². The first-order valence-electron chi connectivity index (χ1n) is 6.97. The van der Waals surface area contributed by atoms with Crippen molar-refractivity contribution in [2.45, 2.75) is 24.0 Å². The van der Waals surface area contributed by atoms with Crippen LogP contribution in [0.1, 0.15) is 19.3 Å². The molecule has 1 fully saturated rings. The second kappa shape index (κ2) is 5.88. The number of aromatic nitrogens is 5. The number of nitrogens with zero attached hydrogens (tertiary/aromatic N) is 5. The van der Waals surface area contributed by atoms with Gasteiger partial charge in [-0.3, -0.25) is 0 Å². The summed E-state index contributed by atoms with van der Waals surface area (Å²) in [4.78, 5) is 13.1. The minimum Gasteiger partial charge on any atom is -0.357 e. The van der Waals surface area contributed by atoms with Gasteiger partial charge in [0, 0.05) is 30.7 Å². The van der Waals surface area contributed by atoms with Gasteiger partial charge in [-0.1, -0.05) is 6.42 Å². The summed E-state index contributed by atoms with van der Waals surface area (Å²) < 4.78 is 1.96. The molecule has 2 aromatic rings. The topological polar surface area (TPSA) is 80.5 Å². The highest BCUT2D eigenvalue weighted by Crippen LogP contribution is 2.42. The third-order valence-electron chi connectivity index (χ3n) is 3.82. The smallest absolute Gasteiger partial charge is 0.257 e. The molecule has 2 heterocycles. The molecule has 1 aliphatic carbocycles. The summed E-state index contributed by atoms with van der Waals surface area (Å²) in [6, 6.07) is 1.84. The first kappa shape index (κ1) is 14.1. The highest BCUT2D eigenvalue weighted by atomic mass is 32.2. The van der Waals surface area contributed by atoms with Crippen LogP contribution in [-0.2, 0) is 0 Å². The third-order valence-corrected chi connectivity index (χ3v) is 5.24.